The van der Waals surface area contributed by atoms with E-state index in [1.165, 1.54) is 24.2 Å². The summed E-state index contributed by atoms with van der Waals surface area (Å²) in [5, 5.41) is 8.22. The van der Waals surface area contributed by atoms with E-state index in [0.717, 1.165) is 19.4 Å². The summed E-state index contributed by atoms with van der Waals surface area (Å²) in [5.74, 6) is 0. The highest BCUT2D eigenvalue weighted by Gasteiger charge is 1.94. The standard InChI is InChI=1S/C8H18O4S.C4H11NO/c1-2-3-4-5-6-7-8-12-13(9,10)11;1-5(2)3-4-6/h2-8H2,1H3,(H,9,10,11);6H,3-4H2,1-2H3. The molecule has 6 nitrogen and oxygen atoms in total. The topological polar surface area (TPSA) is 91.1 Å². The van der Waals surface area contributed by atoms with Crippen molar-refractivity contribution in [2.24, 2.45) is 0 Å². The van der Waals surface area contributed by atoms with Gasteiger partial charge in [-0.15, -0.1) is 0 Å². The summed E-state index contributed by atoms with van der Waals surface area (Å²) in [6.45, 7) is 3.30. The van der Waals surface area contributed by atoms with Crippen molar-refractivity contribution in [3.63, 3.8) is 0 Å². The molecular formula is C12H29NO5S. The van der Waals surface area contributed by atoms with Crippen LogP contribution in [0.1, 0.15) is 45.4 Å². The Morgan fingerprint density at radius 1 is 1.11 bits per heavy atom. The molecule has 118 valence electrons. The molecule has 7 heteroatoms. The molecule has 0 aromatic carbocycles. The van der Waals surface area contributed by atoms with Crippen LogP contribution in [0, 0.1) is 0 Å². The highest BCUT2D eigenvalue weighted by atomic mass is 32.3. The summed E-state index contributed by atoms with van der Waals surface area (Å²) in [6, 6.07) is 0. The zero-order valence-electron chi connectivity index (χ0n) is 12.4. The van der Waals surface area contributed by atoms with Crippen LogP contribution in [0.5, 0.6) is 0 Å². The predicted molar refractivity (Wildman–Crippen MR) is 73.8 cm³/mol. The summed E-state index contributed by atoms with van der Waals surface area (Å²) in [6.07, 6.45) is 6.21. The molecule has 0 radical (unpaired) electrons. The molecular weight excluding hydrogens is 270 g/mol. The Bertz CT molecular complexity index is 267. The summed E-state index contributed by atoms with van der Waals surface area (Å²) in [5.41, 5.74) is 0. The zero-order valence-corrected chi connectivity index (χ0v) is 13.2. The van der Waals surface area contributed by atoms with E-state index in [-0.39, 0.29) is 6.61 Å². The average Bonchev–Trinajstić information content (AvgIpc) is 2.27. The third-order valence-corrected chi connectivity index (χ3v) is 2.79. The van der Waals surface area contributed by atoms with Crippen LogP contribution in [0.4, 0.5) is 0 Å². The molecule has 0 amide bonds. The molecule has 0 spiro atoms. The number of aliphatic hydroxyl groups is 1. The van der Waals surface area contributed by atoms with Crippen LogP contribution in [0.25, 0.3) is 0 Å². The van der Waals surface area contributed by atoms with Crippen LogP contribution >= 0.6 is 0 Å². The van der Waals surface area contributed by atoms with Crippen molar-refractivity contribution in [2.45, 2.75) is 45.4 Å². The number of likely N-dealkylation sites (N-methyl/N-ethyl adjacent to an activating group) is 1. The van der Waals surface area contributed by atoms with Crippen molar-refractivity contribution in [3.8, 4) is 0 Å². The van der Waals surface area contributed by atoms with Crippen molar-refractivity contribution in [3.05, 3.63) is 0 Å². The van der Waals surface area contributed by atoms with Gasteiger partial charge in [0.05, 0.1) is 27.3 Å². The molecule has 0 heterocycles. The molecule has 0 aliphatic rings. The lowest BCUT2D eigenvalue weighted by atomic mass is 10.1. The Hall–Kier alpha value is -0.210. The Balaban J connectivity index is 0. The first-order valence-electron chi connectivity index (χ1n) is 6.83. The third-order valence-electron chi connectivity index (χ3n) is 2.34. The van der Waals surface area contributed by atoms with Gasteiger partial charge in [0.1, 0.15) is 6.54 Å². The lowest BCUT2D eigenvalue weighted by Gasteiger charge is -2.06. The van der Waals surface area contributed by atoms with Gasteiger partial charge in [-0.05, 0) is 6.42 Å². The highest BCUT2D eigenvalue weighted by molar-refractivity contribution is 7.80. The van der Waals surface area contributed by atoms with Gasteiger partial charge in [0.25, 0.3) is 0 Å². The summed E-state index contributed by atoms with van der Waals surface area (Å²) >= 11 is 0. The maximum absolute atomic E-state index is 9.99. The van der Waals surface area contributed by atoms with Crippen molar-refractivity contribution in [1.82, 2.24) is 0 Å². The third kappa shape index (κ3) is 27.1. The van der Waals surface area contributed by atoms with Crippen LogP contribution in [0.3, 0.4) is 0 Å². The van der Waals surface area contributed by atoms with Crippen LogP contribution in [0.15, 0.2) is 0 Å². The normalized spacial score (nSPS) is 11.3. The number of aliphatic hydroxyl groups excluding tert-OH is 1. The molecule has 0 atom stereocenters. The molecule has 0 rings (SSSR count). The van der Waals surface area contributed by atoms with Gasteiger partial charge in [-0.2, -0.15) is 0 Å². The second kappa shape index (κ2) is 14.2. The Morgan fingerprint density at radius 3 is 2.00 bits per heavy atom. The molecule has 0 aromatic rings. The Kier molecular flexibility index (Phi) is 15.8. The van der Waals surface area contributed by atoms with Gasteiger partial charge in [-0.3, -0.25) is 4.18 Å². The molecule has 0 fully saturated rings. The quantitative estimate of drug-likeness (QED) is 0.335. The molecule has 0 bridgehead atoms. The van der Waals surface area contributed by atoms with Gasteiger partial charge in [-0.25, -0.2) is 8.42 Å². The number of unbranched alkanes of at least 4 members (excludes halogenated alkanes) is 5. The predicted octanol–water partition coefficient (Wildman–Crippen LogP) is -0.0531. The summed E-state index contributed by atoms with van der Waals surface area (Å²) in [7, 11) is -0.451. The van der Waals surface area contributed by atoms with E-state index in [1.807, 2.05) is 14.1 Å². The van der Waals surface area contributed by atoms with Gasteiger partial charge in [0.2, 0.25) is 10.4 Å². The minimum absolute atomic E-state index is 0.0258. The first-order chi connectivity index (χ1) is 8.83. The van der Waals surface area contributed by atoms with Crippen molar-refractivity contribution in [1.29, 1.82) is 0 Å². The maximum Gasteiger partial charge on any atom is 0.217 e. The number of hydrogen-bond donors (Lipinski definition) is 2. The molecule has 0 aliphatic heterocycles. The molecule has 0 saturated heterocycles. The minimum atomic E-state index is -4.47. The van der Waals surface area contributed by atoms with Crippen LogP contribution in [-0.4, -0.2) is 51.9 Å². The lowest BCUT2D eigenvalue weighted by Crippen LogP contribution is -3.06. The molecule has 0 saturated carbocycles. The second-order valence-electron chi connectivity index (χ2n) is 4.68. The largest absolute Gasteiger partial charge is 0.726 e. The fourth-order valence-electron chi connectivity index (χ4n) is 1.27. The molecule has 19 heavy (non-hydrogen) atoms. The monoisotopic (exact) mass is 299 g/mol. The zero-order chi connectivity index (χ0) is 15.1. The van der Waals surface area contributed by atoms with Crippen molar-refractivity contribution < 1.29 is 27.2 Å². The number of rotatable bonds is 10. The maximum atomic E-state index is 9.99. The van der Waals surface area contributed by atoms with Gasteiger partial charge in [0, 0.05) is 0 Å². The molecule has 0 unspecified atom stereocenters. The number of hydrogen-bond acceptors (Lipinski definition) is 5. The van der Waals surface area contributed by atoms with E-state index in [9.17, 15) is 13.0 Å². The average molecular weight is 299 g/mol. The fourth-order valence-corrected chi connectivity index (χ4v) is 1.59. The molecule has 2 N–H and O–H groups in total. The first kappa shape index (κ1) is 21.1. The van der Waals surface area contributed by atoms with E-state index in [0.29, 0.717) is 13.0 Å². The van der Waals surface area contributed by atoms with Gasteiger partial charge >= 0.3 is 0 Å². The second-order valence-corrected chi connectivity index (χ2v) is 5.73. The van der Waals surface area contributed by atoms with Crippen LogP contribution in [0.2, 0.25) is 0 Å². The number of quaternary nitrogens is 1. The van der Waals surface area contributed by atoms with E-state index >= 15 is 0 Å². The fraction of sp³-hybridized carbons (Fsp3) is 1.00. The highest BCUT2D eigenvalue weighted by Crippen LogP contribution is 2.05. The first-order valence-corrected chi connectivity index (χ1v) is 8.17. The lowest BCUT2D eigenvalue weighted by molar-refractivity contribution is -0.858. The SMILES string of the molecule is CCCCCCCCOS(=O)(=O)[O-].C[NH+](C)CCO. The van der Waals surface area contributed by atoms with Gasteiger partial charge < -0.3 is 14.6 Å². The summed E-state index contributed by atoms with van der Waals surface area (Å²) in [4.78, 5) is 1.29. The Labute approximate surface area is 117 Å². The van der Waals surface area contributed by atoms with Crippen molar-refractivity contribution in [2.75, 3.05) is 33.9 Å². The smallest absolute Gasteiger partial charge is 0.217 e. The molecule has 0 aromatic heterocycles. The Morgan fingerprint density at radius 2 is 1.63 bits per heavy atom. The minimum Gasteiger partial charge on any atom is -0.726 e. The molecule has 0 aliphatic carbocycles. The van der Waals surface area contributed by atoms with Crippen molar-refractivity contribution >= 4 is 10.4 Å². The van der Waals surface area contributed by atoms with Crippen LogP contribution < -0.4 is 4.90 Å². The van der Waals surface area contributed by atoms with E-state index in [4.69, 9.17) is 5.11 Å². The van der Waals surface area contributed by atoms with Gasteiger partial charge in [-0.1, -0.05) is 39.0 Å². The summed E-state index contributed by atoms with van der Waals surface area (Å²) < 4.78 is 34.0. The number of nitrogens with one attached hydrogen (secondary N) is 1. The van der Waals surface area contributed by atoms with E-state index in [1.54, 1.807) is 0 Å². The van der Waals surface area contributed by atoms with E-state index in [2.05, 4.69) is 11.1 Å². The van der Waals surface area contributed by atoms with Crippen LogP contribution in [-0.2, 0) is 14.6 Å². The van der Waals surface area contributed by atoms with Gasteiger partial charge in [0.15, 0.2) is 0 Å². The van der Waals surface area contributed by atoms with E-state index < -0.39 is 10.4 Å².